The molecule has 0 fully saturated rings. The third-order valence-corrected chi connectivity index (χ3v) is 4.02. The van der Waals surface area contributed by atoms with Crippen LogP contribution in [-0.2, 0) is 12.8 Å². The Kier molecular flexibility index (Phi) is 6.28. The Bertz CT molecular complexity index is 443. The molecule has 0 aromatic carbocycles. The summed E-state index contributed by atoms with van der Waals surface area (Å²) < 4.78 is 0. The second-order valence-electron chi connectivity index (χ2n) is 4.96. The molecule has 19 heavy (non-hydrogen) atoms. The average Bonchev–Trinajstić information content (AvgIpc) is 2.37. The van der Waals surface area contributed by atoms with Crippen LogP contribution in [0.1, 0.15) is 50.9 Å². The van der Waals surface area contributed by atoms with Gasteiger partial charge in [0.2, 0.25) is 0 Å². The molecule has 4 nitrogen and oxygen atoms in total. The highest BCUT2D eigenvalue weighted by Crippen LogP contribution is 2.26. The van der Waals surface area contributed by atoms with Crippen molar-refractivity contribution < 1.29 is 0 Å². The van der Waals surface area contributed by atoms with Crippen LogP contribution in [0.4, 0.5) is 0 Å². The average molecular weight is 280 g/mol. The van der Waals surface area contributed by atoms with Gasteiger partial charge in [-0.05, 0) is 36.5 Å². The van der Waals surface area contributed by atoms with Crippen LogP contribution in [0.5, 0.6) is 0 Å². The summed E-state index contributed by atoms with van der Waals surface area (Å²) in [7, 11) is 0. The maximum absolute atomic E-state index is 7.81. The molecule has 0 saturated carbocycles. The van der Waals surface area contributed by atoms with Gasteiger partial charge >= 0.3 is 0 Å². The summed E-state index contributed by atoms with van der Waals surface area (Å²) in [5, 5.41) is 17.2. The first-order valence-corrected chi connectivity index (χ1v) is 7.85. The number of nitrogens with one attached hydrogen (secondary N) is 1. The Hall–Kier alpha value is -1.10. The van der Waals surface area contributed by atoms with Crippen molar-refractivity contribution in [2.75, 3.05) is 5.75 Å². The van der Waals surface area contributed by atoms with Gasteiger partial charge in [0.25, 0.3) is 0 Å². The van der Waals surface area contributed by atoms with Crippen LogP contribution < -0.4 is 5.73 Å². The van der Waals surface area contributed by atoms with Gasteiger partial charge in [-0.3, -0.25) is 5.41 Å². The molecule has 1 aromatic rings. The summed E-state index contributed by atoms with van der Waals surface area (Å²) in [6, 6.07) is 0. The number of aryl methyl sites for hydroxylation is 1. The molecule has 0 aliphatic carbocycles. The van der Waals surface area contributed by atoms with Gasteiger partial charge in [0.05, 0.1) is 11.3 Å². The summed E-state index contributed by atoms with van der Waals surface area (Å²) in [5.41, 5.74) is 8.58. The first kappa shape index (κ1) is 16.0. The number of nitrogens with zero attached hydrogens (tertiary/aromatic N) is 2. The number of hydrogen-bond acceptors (Lipinski definition) is 4. The van der Waals surface area contributed by atoms with E-state index in [0.717, 1.165) is 46.9 Å². The zero-order chi connectivity index (χ0) is 14.4. The van der Waals surface area contributed by atoms with Gasteiger partial charge in [-0.25, -0.2) is 0 Å². The Balaban J connectivity index is 3.06. The van der Waals surface area contributed by atoms with E-state index in [-0.39, 0.29) is 5.84 Å². The van der Waals surface area contributed by atoms with E-state index in [1.807, 2.05) is 0 Å². The summed E-state index contributed by atoms with van der Waals surface area (Å²) >= 11 is 1.66. The highest BCUT2D eigenvalue weighted by molar-refractivity contribution is 7.99. The van der Waals surface area contributed by atoms with Gasteiger partial charge < -0.3 is 5.73 Å². The molecule has 0 aliphatic rings. The number of amidine groups is 1. The van der Waals surface area contributed by atoms with Gasteiger partial charge in [0.15, 0.2) is 0 Å². The van der Waals surface area contributed by atoms with E-state index in [0.29, 0.717) is 5.92 Å². The van der Waals surface area contributed by atoms with Crippen molar-refractivity contribution in [3.63, 3.8) is 0 Å². The molecule has 0 aliphatic heterocycles. The van der Waals surface area contributed by atoms with Crippen molar-refractivity contribution in [1.29, 1.82) is 5.41 Å². The Morgan fingerprint density at radius 1 is 1.26 bits per heavy atom. The van der Waals surface area contributed by atoms with Crippen LogP contribution in [0.3, 0.4) is 0 Å². The van der Waals surface area contributed by atoms with E-state index >= 15 is 0 Å². The van der Waals surface area contributed by atoms with Crippen molar-refractivity contribution in [1.82, 2.24) is 10.2 Å². The monoisotopic (exact) mass is 280 g/mol. The second kappa shape index (κ2) is 7.48. The Morgan fingerprint density at radius 3 is 2.42 bits per heavy atom. The lowest BCUT2D eigenvalue weighted by Crippen LogP contribution is -2.18. The lowest BCUT2D eigenvalue weighted by atomic mass is 10.0. The maximum atomic E-state index is 7.81. The highest BCUT2D eigenvalue weighted by Gasteiger charge is 2.17. The second-order valence-corrected chi connectivity index (χ2v) is 6.04. The van der Waals surface area contributed by atoms with Gasteiger partial charge in [0, 0.05) is 0 Å². The van der Waals surface area contributed by atoms with Gasteiger partial charge in [-0.2, -0.15) is 5.10 Å². The summed E-state index contributed by atoms with van der Waals surface area (Å²) in [6.07, 6.45) is 2.79. The topological polar surface area (TPSA) is 75.7 Å². The number of aromatic nitrogens is 2. The fraction of sp³-hybridized carbons (Fsp3) is 0.643. The van der Waals surface area contributed by atoms with Crippen LogP contribution in [0.25, 0.3) is 0 Å². The van der Waals surface area contributed by atoms with E-state index < -0.39 is 0 Å². The molecular formula is C14H24N4S. The van der Waals surface area contributed by atoms with Gasteiger partial charge in [-0.1, -0.05) is 27.7 Å². The first-order valence-electron chi connectivity index (χ1n) is 6.86. The normalized spacial score (nSPS) is 11.0. The number of nitrogens with two attached hydrogens (primary N) is 1. The predicted molar refractivity (Wildman–Crippen MR) is 82.0 cm³/mol. The molecular weight excluding hydrogens is 256 g/mol. The zero-order valence-electron chi connectivity index (χ0n) is 12.3. The van der Waals surface area contributed by atoms with Crippen molar-refractivity contribution in [3.8, 4) is 0 Å². The number of rotatable bonds is 7. The molecule has 1 heterocycles. The molecule has 0 atom stereocenters. The molecule has 0 saturated heterocycles. The number of thioether (sulfide) groups is 1. The highest BCUT2D eigenvalue weighted by atomic mass is 32.2. The molecule has 0 bridgehead atoms. The SMILES string of the molecule is CCc1nnc(SCCC(C)C)c(C(=N)N)c1CC. The van der Waals surface area contributed by atoms with Crippen molar-refractivity contribution in [3.05, 3.63) is 16.8 Å². The van der Waals surface area contributed by atoms with Gasteiger partial charge in [-0.15, -0.1) is 16.9 Å². The number of hydrogen-bond donors (Lipinski definition) is 2. The molecule has 0 radical (unpaired) electrons. The van der Waals surface area contributed by atoms with Gasteiger partial charge in [0.1, 0.15) is 10.9 Å². The molecule has 1 rings (SSSR count). The van der Waals surface area contributed by atoms with Crippen molar-refractivity contribution in [2.24, 2.45) is 11.7 Å². The molecule has 0 unspecified atom stereocenters. The largest absolute Gasteiger partial charge is 0.384 e. The minimum Gasteiger partial charge on any atom is -0.384 e. The lowest BCUT2D eigenvalue weighted by Gasteiger charge is -2.14. The van der Waals surface area contributed by atoms with Crippen LogP contribution in [0, 0.1) is 11.3 Å². The Labute approximate surface area is 120 Å². The summed E-state index contributed by atoms with van der Waals surface area (Å²) in [5.74, 6) is 1.76. The minimum atomic E-state index is 0.105. The van der Waals surface area contributed by atoms with E-state index in [1.54, 1.807) is 11.8 Å². The molecule has 5 heteroatoms. The molecule has 0 amide bonds. The van der Waals surface area contributed by atoms with Crippen molar-refractivity contribution >= 4 is 17.6 Å². The summed E-state index contributed by atoms with van der Waals surface area (Å²) in [4.78, 5) is 0. The third kappa shape index (κ3) is 4.20. The molecule has 1 aromatic heterocycles. The van der Waals surface area contributed by atoms with Crippen molar-refractivity contribution in [2.45, 2.75) is 52.0 Å². The van der Waals surface area contributed by atoms with E-state index in [2.05, 4.69) is 37.9 Å². The first-order chi connectivity index (χ1) is 9.01. The van der Waals surface area contributed by atoms with Crippen LogP contribution in [0.2, 0.25) is 0 Å². The fourth-order valence-corrected chi connectivity index (χ4v) is 3.18. The fourth-order valence-electron chi connectivity index (χ4n) is 1.92. The summed E-state index contributed by atoms with van der Waals surface area (Å²) in [6.45, 7) is 8.54. The lowest BCUT2D eigenvalue weighted by molar-refractivity contribution is 0.631. The smallest absolute Gasteiger partial charge is 0.130 e. The minimum absolute atomic E-state index is 0.105. The standard InChI is InChI=1S/C14H24N4S/c1-5-10-11(6-2)17-18-14(12(10)13(15)16)19-8-7-9(3)4/h9H,5-8H2,1-4H3,(H3,15,16). The maximum Gasteiger partial charge on any atom is 0.130 e. The predicted octanol–water partition coefficient (Wildman–Crippen LogP) is 3.02. The quantitative estimate of drug-likeness (QED) is 0.457. The molecule has 106 valence electrons. The number of nitrogen functional groups attached to an aromatic ring is 1. The third-order valence-electron chi connectivity index (χ3n) is 3.02. The zero-order valence-corrected chi connectivity index (χ0v) is 13.1. The molecule has 3 N–H and O–H groups in total. The Morgan fingerprint density at radius 2 is 1.95 bits per heavy atom. The van der Waals surface area contributed by atoms with E-state index in [1.165, 1.54) is 0 Å². The van der Waals surface area contributed by atoms with Crippen LogP contribution >= 0.6 is 11.8 Å². The van der Waals surface area contributed by atoms with Crippen LogP contribution in [0.15, 0.2) is 5.03 Å². The van der Waals surface area contributed by atoms with E-state index in [4.69, 9.17) is 11.1 Å². The van der Waals surface area contributed by atoms with E-state index in [9.17, 15) is 0 Å². The molecule has 0 spiro atoms. The van der Waals surface area contributed by atoms with Crippen LogP contribution in [-0.4, -0.2) is 21.8 Å².